The van der Waals surface area contributed by atoms with Crippen molar-refractivity contribution in [3.05, 3.63) is 34.8 Å². The minimum atomic E-state index is 1.25. The van der Waals surface area contributed by atoms with Crippen molar-refractivity contribution in [2.75, 3.05) is 19.0 Å². The number of benzene rings is 1. The molecule has 0 bridgehead atoms. The van der Waals surface area contributed by atoms with Gasteiger partial charge in [-0.25, -0.2) is 0 Å². The molecule has 1 aromatic heterocycles. The van der Waals surface area contributed by atoms with Crippen molar-refractivity contribution in [2.24, 2.45) is 7.05 Å². The predicted octanol–water partition coefficient (Wildman–Crippen LogP) is 3.18. The van der Waals surface area contributed by atoms with E-state index in [1.807, 2.05) is 11.3 Å². The van der Waals surface area contributed by atoms with Gasteiger partial charge >= 0.3 is 0 Å². The molecule has 1 aromatic carbocycles. The Morgan fingerprint density at radius 3 is 2.37 bits per heavy atom. The van der Waals surface area contributed by atoms with Crippen molar-refractivity contribution in [1.82, 2.24) is 0 Å². The topological polar surface area (TPSA) is 7.12 Å². The molecule has 0 amide bonds. The number of fused-ring (bicyclic) bond motifs is 1. The number of nitrogens with zero attached hydrogens (tertiary/aromatic N) is 2. The van der Waals surface area contributed by atoms with Gasteiger partial charge in [0.2, 0.25) is 0 Å². The summed E-state index contributed by atoms with van der Waals surface area (Å²) in [4.78, 5) is 3.74. The summed E-state index contributed by atoms with van der Waals surface area (Å²) in [5.41, 5.74) is 4.16. The maximum absolute atomic E-state index is 2.41. The summed E-state index contributed by atoms with van der Waals surface area (Å²) in [6.07, 6.45) is 5.21. The summed E-state index contributed by atoms with van der Waals surface area (Å²) >= 11 is 1.98. The minimum absolute atomic E-state index is 1.25. The highest BCUT2D eigenvalue weighted by atomic mass is 32.1. The van der Waals surface area contributed by atoms with Gasteiger partial charge in [-0.1, -0.05) is 11.3 Å². The van der Waals surface area contributed by atoms with Gasteiger partial charge in [0, 0.05) is 26.2 Å². The molecule has 0 saturated carbocycles. The fourth-order valence-corrected chi connectivity index (χ4v) is 4.13. The second-order valence-corrected chi connectivity index (χ2v) is 6.57. The summed E-state index contributed by atoms with van der Waals surface area (Å²) in [6, 6.07) is 8.89. The lowest BCUT2D eigenvalue weighted by atomic mass is 10.0. The van der Waals surface area contributed by atoms with Crippen LogP contribution in [0.15, 0.2) is 24.3 Å². The molecule has 2 nitrogen and oxygen atoms in total. The molecule has 3 heteroatoms. The third kappa shape index (κ3) is 2.27. The zero-order valence-corrected chi connectivity index (χ0v) is 12.8. The van der Waals surface area contributed by atoms with Crippen LogP contribution in [0.3, 0.4) is 0 Å². The number of rotatable bonds is 2. The molecular weight excluding hydrogens is 252 g/mol. The largest absolute Gasteiger partial charge is 0.378 e. The lowest BCUT2D eigenvalue weighted by molar-refractivity contribution is -0.664. The molecule has 0 N–H and O–H groups in total. The second-order valence-electron chi connectivity index (χ2n) is 5.48. The van der Waals surface area contributed by atoms with E-state index in [9.17, 15) is 0 Å². The molecule has 3 rings (SSSR count). The number of aromatic nitrogens is 1. The van der Waals surface area contributed by atoms with Crippen molar-refractivity contribution in [3.63, 3.8) is 0 Å². The van der Waals surface area contributed by atoms with Crippen molar-refractivity contribution in [1.29, 1.82) is 0 Å². The molecule has 1 aliphatic carbocycles. The van der Waals surface area contributed by atoms with Crippen LogP contribution in [0.5, 0.6) is 0 Å². The average molecular weight is 273 g/mol. The Bertz CT molecular complexity index is 582. The van der Waals surface area contributed by atoms with E-state index in [4.69, 9.17) is 0 Å². The van der Waals surface area contributed by atoms with Crippen LogP contribution in [-0.4, -0.2) is 14.1 Å². The van der Waals surface area contributed by atoms with Gasteiger partial charge in [0.25, 0.3) is 5.01 Å². The third-order valence-corrected chi connectivity index (χ3v) is 5.34. The van der Waals surface area contributed by atoms with Gasteiger partial charge in [0.15, 0.2) is 5.69 Å². The molecule has 0 atom stereocenters. The van der Waals surface area contributed by atoms with Crippen LogP contribution >= 0.6 is 11.3 Å². The van der Waals surface area contributed by atoms with Gasteiger partial charge in [-0.3, -0.25) is 0 Å². The summed E-state index contributed by atoms with van der Waals surface area (Å²) < 4.78 is 2.41. The highest BCUT2D eigenvalue weighted by molar-refractivity contribution is 7.14. The van der Waals surface area contributed by atoms with Crippen molar-refractivity contribution in [2.45, 2.75) is 25.7 Å². The zero-order chi connectivity index (χ0) is 13.4. The number of thiazole rings is 1. The van der Waals surface area contributed by atoms with Crippen LogP contribution in [0.4, 0.5) is 5.69 Å². The molecule has 1 aliphatic rings. The van der Waals surface area contributed by atoms with Crippen molar-refractivity contribution < 1.29 is 4.57 Å². The van der Waals surface area contributed by atoms with Gasteiger partial charge < -0.3 is 4.90 Å². The zero-order valence-electron chi connectivity index (χ0n) is 11.9. The molecule has 0 fully saturated rings. The number of anilines is 1. The Morgan fingerprint density at radius 2 is 1.74 bits per heavy atom. The van der Waals surface area contributed by atoms with E-state index in [2.05, 4.69) is 54.9 Å². The van der Waals surface area contributed by atoms with E-state index >= 15 is 0 Å². The predicted molar refractivity (Wildman–Crippen MR) is 81.9 cm³/mol. The van der Waals surface area contributed by atoms with Crippen LogP contribution in [0.2, 0.25) is 0 Å². The lowest BCUT2D eigenvalue weighted by Crippen LogP contribution is -2.34. The monoisotopic (exact) mass is 273 g/mol. The normalized spacial score (nSPS) is 14.3. The summed E-state index contributed by atoms with van der Waals surface area (Å²) in [5, 5.41) is 1.40. The SMILES string of the molecule is CN(C)c1ccc(-c2sc3c([n+]2C)CCCC3)cc1. The molecule has 19 heavy (non-hydrogen) atoms. The van der Waals surface area contributed by atoms with Crippen molar-refractivity contribution >= 4 is 17.0 Å². The summed E-state index contributed by atoms with van der Waals surface area (Å²) in [5.74, 6) is 0. The molecular formula is C16H21N2S+. The number of hydrogen-bond acceptors (Lipinski definition) is 2. The first-order chi connectivity index (χ1) is 9.16. The number of aryl methyl sites for hydroxylation is 1. The highest BCUT2D eigenvalue weighted by Gasteiger charge is 2.26. The molecule has 2 aromatic rings. The van der Waals surface area contributed by atoms with Crippen LogP contribution < -0.4 is 9.47 Å². The Balaban J connectivity index is 2.00. The van der Waals surface area contributed by atoms with Crippen LogP contribution in [0.25, 0.3) is 10.6 Å². The van der Waals surface area contributed by atoms with Crippen LogP contribution in [0.1, 0.15) is 23.4 Å². The Labute approximate surface area is 119 Å². The smallest absolute Gasteiger partial charge is 0.269 e. The van der Waals surface area contributed by atoms with Crippen molar-refractivity contribution in [3.8, 4) is 10.6 Å². The first-order valence-corrected chi connectivity index (χ1v) is 7.77. The highest BCUT2D eigenvalue weighted by Crippen LogP contribution is 2.31. The maximum atomic E-state index is 2.41. The van der Waals surface area contributed by atoms with E-state index in [1.165, 1.54) is 41.9 Å². The molecule has 0 aliphatic heterocycles. The molecule has 0 radical (unpaired) electrons. The molecule has 0 unspecified atom stereocenters. The molecule has 1 heterocycles. The van der Waals surface area contributed by atoms with Crippen LogP contribution in [-0.2, 0) is 19.9 Å². The fourth-order valence-electron chi connectivity index (χ4n) is 2.79. The summed E-state index contributed by atoms with van der Waals surface area (Å²) in [7, 11) is 6.38. The minimum Gasteiger partial charge on any atom is -0.378 e. The van der Waals surface area contributed by atoms with E-state index in [0.717, 1.165) is 0 Å². The molecule has 0 spiro atoms. The van der Waals surface area contributed by atoms with Gasteiger partial charge in [-0.05, 0) is 43.5 Å². The quantitative estimate of drug-likeness (QED) is 0.762. The second kappa shape index (κ2) is 4.97. The summed E-state index contributed by atoms with van der Waals surface area (Å²) in [6.45, 7) is 0. The van der Waals surface area contributed by atoms with Gasteiger partial charge in [-0.2, -0.15) is 4.57 Å². The average Bonchev–Trinajstić information content (AvgIpc) is 2.77. The first kappa shape index (κ1) is 12.7. The number of hydrogen-bond donors (Lipinski definition) is 0. The lowest BCUT2D eigenvalue weighted by Gasteiger charge is -2.11. The van der Waals surface area contributed by atoms with Gasteiger partial charge in [-0.15, -0.1) is 0 Å². The maximum Gasteiger partial charge on any atom is 0.269 e. The Morgan fingerprint density at radius 1 is 1.05 bits per heavy atom. The van der Waals surface area contributed by atoms with E-state index in [-0.39, 0.29) is 0 Å². The van der Waals surface area contributed by atoms with Gasteiger partial charge in [0.1, 0.15) is 7.05 Å². The Kier molecular flexibility index (Phi) is 3.31. The van der Waals surface area contributed by atoms with Gasteiger partial charge in [0.05, 0.1) is 10.4 Å². The standard InChI is InChI=1S/C16H21N2S/c1-17(2)13-10-8-12(9-11-13)16-18(3)14-6-4-5-7-15(14)19-16/h8-11H,4-7H2,1-3H3/q+1. The molecule has 100 valence electrons. The first-order valence-electron chi connectivity index (χ1n) is 6.95. The Hall–Kier alpha value is -1.35. The molecule has 0 saturated heterocycles. The van der Waals surface area contributed by atoms with E-state index in [1.54, 1.807) is 10.6 Å². The van der Waals surface area contributed by atoms with E-state index in [0.29, 0.717) is 0 Å². The third-order valence-electron chi connectivity index (χ3n) is 3.95. The van der Waals surface area contributed by atoms with Crippen LogP contribution in [0, 0.1) is 0 Å². The fraction of sp³-hybridized carbons (Fsp3) is 0.438. The van der Waals surface area contributed by atoms with E-state index < -0.39 is 0 Å².